The molecule has 0 aliphatic rings. The van der Waals surface area contributed by atoms with E-state index in [2.05, 4.69) is 26.0 Å². The summed E-state index contributed by atoms with van der Waals surface area (Å²) in [5.74, 6) is 1.59. The Kier molecular flexibility index (Phi) is 7.83. The quantitative estimate of drug-likeness (QED) is 0.157. The third kappa shape index (κ3) is 5.61. The van der Waals surface area contributed by atoms with Crippen LogP contribution in [0, 0.1) is 10.1 Å². The molecule has 0 bridgehead atoms. The lowest BCUT2D eigenvalue weighted by molar-refractivity contribution is -0.384. The number of halogens is 1. The number of nitro benzene ring substituents is 1. The van der Waals surface area contributed by atoms with Crippen LogP contribution in [0.4, 0.5) is 5.69 Å². The Hall–Kier alpha value is -4.25. The maximum atomic E-state index is 13.1. The number of rotatable bonds is 9. The van der Waals surface area contributed by atoms with Crippen LogP contribution in [-0.4, -0.2) is 35.0 Å². The third-order valence-corrected chi connectivity index (χ3v) is 5.99. The van der Waals surface area contributed by atoms with Gasteiger partial charge in [0.25, 0.3) is 11.2 Å². The van der Waals surface area contributed by atoms with Gasteiger partial charge in [-0.3, -0.25) is 14.9 Å². The zero-order valence-corrected chi connectivity index (χ0v) is 21.9. The molecule has 0 N–H and O–H groups in total. The molecular weight excluding hydrogens is 544 g/mol. The molecule has 190 valence electrons. The molecule has 3 aromatic carbocycles. The van der Waals surface area contributed by atoms with Crippen LogP contribution in [0.2, 0.25) is 0 Å². The Morgan fingerprint density at radius 2 is 1.84 bits per heavy atom. The average molecular weight is 567 g/mol. The van der Waals surface area contributed by atoms with Crippen molar-refractivity contribution < 1.29 is 19.1 Å². The first-order valence-corrected chi connectivity index (χ1v) is 12.0. The van der Waals surface area contributed by atoms with E-state index in [0.717, 1.165) is 4.47 Å². The van der Waals surface area contributed by atoms with Crippen LogP contribution in [0.3, 0.4) is 0 Å². The van der Waals surface area contributed by atoms with Crippen LogP contribution in [0.25, 0.3) is 10.9 Å². The highest BCUT2D eigenvalue weighted by molar-refractivity contribution is 9.10. The molecule has 0 saturated carbocycles. The molecule has 0 aliphatic heterocycles. The van der Waals surface area contributed by atoms with Gasteiger partial charge in [0.05, 0.1) is 36.3 Å². The second kappa shape index (κ2) is 11.2. The number of hydrogen-bond donors (Lipinski definition) is 0. The van der Waals surface area contributed by atoms with Gasteiger partial charge in [0.2, 0.25) is 5.75 Å². The summed E-state index contributed by atoms with van der Waals surface area (Å²) in [7, 11) is 2.97. The highest BCUT2D eigenvalue weighted by atomic mass is 79.9. The van der Waals surface area contributed by atoms with Crippen molar-refractivity contribution in [3.63, 3.8) is 0 Å². The number of aromatic nitrogens is 2. The van der Waals surface area contributed by atoms with Crippen molar-refractivity contribution in [1.29, 1.82) is 0 Å². The fourth-order valence-corrected chi connectivity index (χ4v) is 4.06. The van der Waals surface area contributed by atoms with E-state index in [0.29, 0.717) is 51.5 Å². The van der Waals surface area contributed by atoms with Crippen molar-refractivity contribution in [1.82, 2.24) is 9.66 Å². The summed E-state index contributed by atoms with van der Waals surface area (Å²) in [6.45, 7) is 1.97. The molecule has 4 aromatic rings. The highest BCUT2D eigenvalue weighted by Gasteiger charge is 2.16. The van der Waals surface area contributed by atoms with E-state index in [4.69, 9.17) is 14.2 Å². The molecule has 4 rings (SSSR count). The largest absolute Gasteiger partial charge is 0.493 e. The summed E-state index contributed by atoms with van der Waals surface area (Å²) >= 11 is 3.39. The van der Waals surface area contributed by atoms with Gasteiger partial charge >= 0.3 is 0 Å². The molecular formula is C26H23BrN4O6. The van der Waals surface area contributed by atoms with Gasteiger partial charge in [-0.25, -0.2) is 4.98 Å². The van der Waals surface area contributed by atoms with Crippen molar-refractivity contribution in [2.24, 2.45) is 5.10 Å². The number of nitro groups is 1. The van der Waals surface area contributed by atoms with Gasteiger partial charge in [-0.05, 0) is 35.9 Å². The molecule has 0 amide bonds. The van der Waals surface area contributed by atoms with Gasteiger partial charge in [0.15, 0.2) is 11.5 Å². The number of non-ortho nitro benzene ring substituents is 1. The predicted molar refractivity (Wildman–Crippen MR) is 143 cm³/mol. The maximum absolute atomic E-state index is 13.1. The molecule has 0 spiro atoms. The summed E-state index contributed by atoms with van der Waals surface area (Å²) in [4.78, 5) is 28.3. The molecule has 11 heteroatoms. The van der Waals surface area contributed by atoms with Gasteiger partial charge in [0.1, 0.15) is 12.4 Å². The molecule has 0 radical (unpaired) electrons. The van der Waals surface area contributed by atoms with E-state index >= 15 is 0 Å². The minimum absolute atomic E-state index is 0.0242. The summed E-state index contributed by atoms with van der Waals surface area (Å²) < 4.78 is 19.0. The van der Waals surface area contributed by atoms with Crippen LogP contribution in [0.5, 0.6) is 17.2 Å². The lowest BCUT2D eigenvalue weighted by Gasteiger charge is -2.15. The zero-order chi connectivity index (χ0) is 26.5. The normalized spacial score (nSPS) is 11.1. The zero-order valence-electron chi connectivity index (χ0n) is 20.3. The summed E-state index contributed by atoms with van der Waals surface area (Å²) in [5.41, 5.74) is 1.51. The molecule has 37 heavy (non-hydrogen) atoms. The molecule has 10 nitrogen and oxygen atoms in total. The van der Waals surface area contributed by atoms with Crippen LogP contribution >= 0.6 is 15.9 Å². The van der Waals surface area contributed by atoms with Gasteiger partial charge in [0, 0.05) is 28.6 Å². The van der Waals surface area contributed by atoms with Crippen molar-refractivity contribution in [3.8, 4) is 17.2 Å². The minimum Gasteiger partial charge on any atom is -0.493 e. The van der Waals surface area contributed by atoms with Crippen LogP contribution in [0.1, 0.15) is 23.9 Å². The molecule has 0 fully saturated rings. The number of aryl methyl sites for hydroxylation is 1. The van der Waals surface area contributed by atoms with Crippen LogP contribution in [0.15, 0.2) is 69.0 Å². The third-order valence-electron chi connectivity index (χ3n) is 5.50. The molecule has 1 aromatic heterocycles. The first kappa shape index (κ1) is 25.8. The highest BCUT2D eigenvalue weighted by Crippen LogP contribution is 2.39. The number of benzene rings is 3. The average Bonchev–Trinajstić information content (AvgIpc) is 2.91. The molecule has 0 saturated heterocycles. The number of nitrogens with zero attached hydrogens (tertiary/aromatic N) is 4. The minimum atomic E-state index is -0.460. The van der Waals surface area contributed by atoms with Crippen LogP contribution < -0.4 is 19.8 Å². The van der Waals surface area contributed by atoms with E-state index in [1.54, 1.807) is 36.4 Å². The summed E-state index contributed by atoms with van der Waals surface area (Å²) in [6, 6.07) is 14.9. The SMILES string of the molecule is CCc1nc2ccc(Br)cc2c(=O)n1N=Cc1cc(OC)c(OCc2cccc([N+](=O)[O-])c2)c(OC)c1. The number of hydrogen-bond acceptors (Lipinski definition) is 8. The Balaban J connectivity index is 1.67. The number of fused-ring (bicyclic) bond motifs is 1. The van der Waals surface area contributed by atoms with E-state index in [1.807, 2.05) is 13.0 Å². The summed E-state index contributed by atoms with van der Waals surface area (Å²) in [6.07, 6.45) is 2.02. The van der Waals surface area contributed by atoms with Crippen molar-refractivity contribution in [2.75, 3.05) is 14.2 Å². The second-order valence-corrected chi connectivity index (χ2v) is 8.79. The second-order valence-electron chi connectivity index (χ2n) is 7.87. The van der Waals surface area contributed by atoms with E-state index < -0.39 is 4.92 Å². The van der Waals surface area contributed by atoms with Crippen molar-refractivity contribution in [2.45, 2.75) is 20.0 Å². The Morgan fingerprint density at radius 3 is 2.49 bits per heavy atom. The fourth-order valence-electron chi connectivity index (χ4n) is 3.70. The van der Waals surface area contributed by atoms with Crippen molar-refractivity contribution >= 4 is 38.7 Å². The maximum Gasteiger partial charge on any atom is 0.282 e. The van der Waals surface area contributed by atoms with Gasteiger partial charge in [-0.1, -0.05) is 35.0 Å². The van der Waals surface area contributed by atoms with Gasteiger partial charge < -0.3 is 14.2 Å². The van der Waals surface area contributed by atoms with Crippen LogP contribution in [-0.2, 0) is 13.0 Å². The van der Waals surface area contributed by atoms with E-state index in [9.17, 15) is 14.9 Å². The fraction of sp³-hybridized carbons (Fsp3) is 0.192. The summed E-state index contributed by atoms with van der Waals surface area (Å²) in [5, 5.41) is 15.9. The first-order valence-electron chi connectivity index (χ1n) is 11.2. The van der Waals surface area contributed by atoms with E-state index in [-0.39, 0.29) is 17.9 Å². The van der Waals surface area contributed by atoms with Gasteiger partial charge in [-0.2, -0.15) is 9.78 Å². The smallest absolute Gasteiger partial charge is 0.282 e. The monoisotopic (exact) mass is 566 g/mol. The number of ether oxygens (including phenoxy) is 3. The lowest BCUT2D eigenvalue weighted by atomic mass is 10.2. The molecule has 1 heterocycles. The van der Waals surface area contributed by atoms with Gasteiger partial charge in [-0.15, -0.1) is 0 Å². The number of methoxy groups -OCH3 is 2. The molecule has 0 unspecified atom stereocenters. The lowest BCUT2D eigenvalue weighted by Crippen LogP contribution is -2.22. The predicted octanol–water partition coefficient (Wildman–Crippen LogP) is 5.11. The standard InChI is InChI=1S/C26H23BrN4O6/c1-4-24-29-21-9-8-18(27)13-20(21)26(32)30(24)28-14-17-11-22(35-2)25(23(12-17)36-3)37-15-16-6-5-7-19(10-16)31(33)34/h5-14H,4,15H2,1-3H3. The first-order chi connectivity index (χ1) is 17.8. The Morgan fingerprint density at radius 1 is 1.11 bits per heavy atom. The Labute approximate surface area is 220 Å². The topological polar surface area (TPSA) is 118 Å². The Bertz CT molecular complexity index is 1540. The van der Waals surface area contributed by atoms with E-state index in [1.165, 1.54) is 37.2 Å². The molecule has 0 aliphatic carbocycles. The van der Waals surface area contributed by atoms with Crippen molar-refractivity contribution in [3.05, 3.63) is 96.5 Å². The molecule has 0 atom stereocenters.